The van der Waals surface area contributed by atoms with E-state index in [0.29, 0.717) is 16.4 Å². The predicted octanol–water partition coefficient (Wildman–Crippen LogP) is 7.64. The van der Waals surface area contributed by atoms with Gasteiger partial charge in [-0.2, -0.15) is 5.10 Å². The predicted molar refractivity (Wildman–Crippen MR) is 156 cm³/mol. The van der Waals surface area contributed by atoms with Crippen molar-refractivity contribution in [3.05, 3.63) is 83.1 Å². The van der Waals surface area contributed by atoms with Crippen molar-refractivity contribution >= 4 is 46.0 Å². The Morgan fingerprint density at radius 1 is 1.05 bits per heavy atom. The van der Waals surface area contributed by atoms with Gasteiger partial charge in [-0.1, -0.05) is 49.1 Å². The largest absolute Gasteiger partial charge is 0.468 e. The van der Waals surface area contributed by atoms with Crippen molar-refractivity contribution in [2.45, 2.75) is 57.4 Å². The van der Waals surface area contributed by atoms with E-state index < -0.39 is 23.2 Å². The summed E-state index contributed by atoms with van der Waals surface area (Å²) < 4.78 is 22.0. The monoisotopic (exact) mass is 562 g/mol. The van der Waals surface area contributed by atoms with Gasteiger partial charge in [-0.15, -0.1) is 0 Å². The molecule has 0 bridgehead atoms. The zero-order valence-electron chi connectivity index (χ0n) is 22.8. The van der Waals surface area contributed by atoms with Crippen LogP contribution in [0.4, 0.5) is 20.7 Å². The lowest BCUT2D eigenvalue weighted by atomic mass is 9.84. The maximum atomic E-state index is 15.4. The molecule has 0 saturated heterocycles. The maximum absolute atomic E-state index is 15.4. The van der Waals surface area contributed by atoms with Crippen LogP contribution in [0.15, 0.2) is 66.7 Å². The summed E-state index contributed by atoms with van der Waals surface area (Å²) in [5, 5.41) is 9.05. The van der Waals surface area contributed by atoms with Gasteiger partial charge in [-0.05, 0) is 80.8 Å². The van der Waals surface area contributed by atoms with Crippen LogP contribution in [0.25, 0.3) is 16.6 Å². The number of hydrogen-bond acceptors (Lipinski definition) is 4. The van der Waals surface area contributed by atoms with E-state index in [1.54, 1.807) is 41.6 Å². The van der Waals surface area contributed by atoms with Crippen LogP contribution in [0.2, 0.25) is 5.02 Å². The third-order valence-electron chi connectivity index (χ3n) is 7.64. The zero-order valence-corrected chi connectivity index (χ0v) is 23.5. The van der Waals surface area contributed by atoms with E-state index in [1.807, 2.05) is 36.4 Å². The molecule has 7 nitrogen and oxygen atoms in total. The van der Waals surface area contributed by atoms with E-state index in [9.17, 15) is 9.59 Å². The first kappa shape index (κ1) is 27.6. The molecule has 1 aromatic heterocycles. The molecule has 1 aliphatic carbocycles. The van der Waals surface area contributed by atoms with Gasteiger partial charge in [-0.3, -0.25) is 9.69 Å². The third-order valence-corrected chi connectivity index (χ3v) is 7.89. The van der Waals surface area contributed by atoms with Crippen molar-refractivity contribution in [1.82, 2.24) is 9.78 Å². The number of anilines is 2. The highest BCUT2D eigenvalue weighted by atomic mass is 35.5. The molecule has 4 aromatic rings. The second-order valence-corrected chi connectivity index (χ2v) is 11.1. The number of fused-ring (bicyclic) bond motifs is 1. The van der Waals surface area contributed by atoms with Crippen LogP contribution < -0.4 is 10.2 Å². The maximum Gasteiger partial charge on any atom is 0.327 e. The van der Waals surface area contributed by atoms with Gasteiger partial charge in [0, 0.05) is 16.5 Å². The standard InChI is InChI=1S/C31H32ClFN4O3/c1-31(2,29(38)40-3)20-13-18-27(25(33)19-20)34-30(39)36(22-9-5-4-6-10-22)28-24-11-7-8-12-26(24)35-37(28)23-16-14-21(32)15-17-23/h7-8,11-19,22H,4-6,9-10H2,1-3H3,(H,34,39). The highest BCUT2D eigenvalue weighted by Crippen LogP contribution is 2.36. The van der Waals surface area contributed by atoms with Crippen LogP contribution in [0.5, 0.6) is 0 Å². The number of aromatic nitrogens is 2. The van der Waals surface area contributed by atoms with Gasteiger partial charge in [0.2, 0.25) is 0 Å². The van der Waals surface area contributed by atoms with Crippen LogP contribution >= 0.6 is 11.6 Å². The zero-order chi connectivity index (χ0) is 28.4. The number of rotatable bonds is 6. The Hall–Kier alpha value is -3.91. The number of nitrogens with one attached hydrogen (secondary N) is 1. The Balaban J connectivity index is 1.57. The molecule has 1 N–H and O–H groups in total. The number of halogens is 2. The molecule has 1 saturated carbocycles. The molecule has 1 aliphatic rings. The number of hydrogen-bond donors (Lipinski definition) is 1. The number of amides is 2. The summed E-state index contributed by atoms with van der Waals surface area (Å²) in [4.78, 5) is 28.1. The number of carbonyl (C=O) groups excluding carboxylic acids is 2. The summed E-state index contributed by atoms with van der Waals surface area (Å²) in [5.41, 5.74) is 0.922. The number of nitrogens with zero attached hydrogens (tertiary/aromatic N) is 3. The van der Waals surface area contributed by atoms with Crippen LogP contribution in [0.3, 0.4) is 0 Å². The van der Waals surface area contributed by atoms with E-state index in [2.05, 4.69) is 5.32 Å². The lowest BCUT2D eigenvalue weighted by Crippen LogP contribution is -2.45. The van der Waals surface area contributed by atoms with Gasteiger partial charge >= 0.3 is 12.0 Å². The van der Waals surface area contributed by atoms with Crippen molar-refractivity contribution in [2.75, 3.05) is 17.3 Å². The number of esters is 1. The molecule has 0 unspecified atom stereocenters. The molecule has 40 heavy (non-hydrogen) atoms. The summed E-state index contributed by atoms with van der Waals surface area (Å²) >= 11 is 6.16. The lowest BCUT2D eigenvalue weighted by molar-refractivity contribution is -0.146. The molecule has 0 radical (unpaired) electrons. The Morgan fingerprint density at radius 2 is 1.75 bits per heavy atom. The normalized spacial score (nSPS) is 14.2. The van der Waals surface area contributed by atoms with Gasteiger partial charge in [0.05, 0.1) is 29.4 Å². The SMILES string of the molecule is COC(=O)C(C)(C)c1ccc(NC(=O)N(c2c3ccccc3nn2-c2ccc(Cl)cc2)C2CCCCC2)c(F)c1. The topological polar surface area (TPSA) is 76.5 Å². The van der Waals surface area contributed by atoms with Crippen LogP contribution in [0.1, 0.15) is 51.5 Å². The second-order valence-electron chi connectivity index (χ2n) is 10.6. The highest BCUT2D eigenvalue weighted by molar-refractivity contribution is 6.30. The summed E-state index contributed by atoms with van der Waals surface area (Å²) in [6, 6.07) is 18.8. The molecule has 1 fully saturated rings. The number of benzene rings is 3. The van der Waals surface area contributed by atoms with E-state index in [-0.39, 0.29) is 11.7 Å². The molecule has 0 aliphatic heterocycles. The Morgan fingerprint density at radius 3 is 2.42 bits per heavy atom. The van der Waals surface area contributed by atoms with Crippen LogP contribution in [-0.2, 0) is 14.9 Å². The average molecular weight is 563 g/mol. The molecule has 0 atom stereocenters. The summed E-state index contributed by atoms with van der Waals surface area (Å²) in [6.07, 6.45) is 4.74. The molecule has 9 heteroatoms. The highest BCUT2D eigenvalue weighted by Gasteiger charge is 2.34. The molecule has 208 valence electrons. The van der Waals surface area contributed by atoms with Crippen LogP contribution in [0, 0.1) is 5.82 Å². The first-order chi connectivity index (χ1) is 19.2. The van der Waals surface area contributed by atoms with Crippen molar-refractivity contribution in [3.8, 4) is 5.69 Å². The number of ether oxygens (including phenoxy) is 1. The fraction of sp³-hybridized carbons (Fsp3) is 0.323. The van der Waals surface area contributed by atoms with E-state index >= 15 is 4.39 Å². The van der Waals surface area contributed by atoms with Gasteiger partial charge in [0.25, 0.3) is 0 Å². The van der Waals surface area contributed by atoms with Gasteiger partial charge in [0.15, 0.2) is 0 Å². The Labute approximate surface area is 237 Å². The first-order valence-electron chi connectivity index (χ1n) is 13.4. The minimum atomic E-state index is -1.05. The summed E-state index contributed by atoms with van der Waals surface area (Å²) in [6.45, 7) is 3.33. The van der Waals surface area contributed by atoms with E-state index in [4.69, 9.17) is 21.4 Å². The molecule has 1 heterocycles. The average Bonchev–Trinajstić information content (AvgIpc) is 3.33. The molecule has 0 spiro atoms. The lowest BCUT2D eigenvalue weighted by Gasteiger charge is -2.34. The van der Waals surface area contributed by atoms with E-state index in [0.717, 1.165) is 48.7 Å². The molecule has 3 aromatic carbocycles. The number of urea groups is 1. The van der Waals surface area contributed by atoms with Crippen molar-refractivity contribution in [2.24, 2.45) is 0 Å². The van der Waals surface area contributed by atoms with Crippen molar-refractivity contribution < 1.29 is 18.7 Å². The number of carbonyl (C=O) groups is 2. The van der Waals surface area contributed by atoms with Crippen molar-refractivity contribution in [1.29, 1.82) is 0 Å². The fourth-order valence-corrected chi connectivity index (χ4v) is 5.47. The smallest absolute Gasteiger partial charge is 0.327 e. The third kappa shape index (κ3) is 5.28. The molecule has 5 rings (SSSR count). The summed E-state index contributed by atoms with van der Waals surface area (Å²) in [5.74, 6) is -0.497. The van der Waals surface area contributed by atoms with Crippen molar-refractivity contribution in [3.63, 3.8) is 0 Å². The van der Waals surface area contributed by atoms with Gasteiger partial charge in [0.1, 0.15) is 11.6 Å². The van der Waals surface area contributed by atoms with Gasteiger partial charge < -0.3 is 10.1 Å². The minimum Gasteiger partial charge on any atom is -0.468 e. The first-order valence-corrected chi connectivity index (χ1v) is 13.8. The van der Waals surface area contributed by atoms with Gasteiger partial charge in [-0.25, -0.2) is 13.9 Å². The molecular weight excluding hydrogens is 531 g/mol. The summed E-state index contributed by atoms with van der Waals surface area (Å²) in [7, 11) is 1.30. The molecular formula is C31H32ClFN4O3. The fourth-order valence-electron chi connectivity index (χ4n) is 5.34. The Bertz CT molecular complexity index is 1540. The van der Waals surface area contributed by atoms with E-state index in [1.165, 1.54) is 19.2 Å². The molecule has 2 amide bonds. The van der Waals surface area contributed by atoms with Crippen LogP contribution in [-0.4, -0.2) is 34.9 Å². The quantitative estimate of drug-likeness (QED) is 0.245. The Kier molecular flexibility index (Phi) is 7.81. The minimum absolute atomic E-state index is 0.0251. The second kappa shape index (κ2) is 11.3. The number of methoxy groups -OCH3 is 1.